The first kappa shape index (κ1) is 20.3. The highest BCUT2D eigenvalue weighted by molar-refractivity contribution is 14.1. The molecule has 1 amide bonds. The smallest absolute Gasteiger partial charge is 0.248 e. The van der Waals surface area contributed by atoms with Crippen LogP contribution in [-0.2, 0) is 21.4 Å². The lowest BCUT2D eigenvalue weighted by molar-refractivity contribution is -0.111. The maximum absolute atomic E-state index is 12.2. The third-order valence-corrected chi connectivity index (χ3v) is 5.82. The summed E-state index contributed by atoms with van der Waals surface area (Å²) in [5.74, 6) is 0.604. The summed E-state index contributed by atoms with van der Waals surface area (Å²) in [5.41, 5.74) is 0.700. The topological polar surface area (TPSA) is 88.4 Å². The summed E-state index contributed by atoms with van der Waals surface area (Å²) in [6, 6.07) is 18.9. The standard InChI is InChI=1S/C20H17IN2O4S/c21-15-6-8-16(9-7-15)23-20(24)13-12-17-10-11-18(27-17)14-22-28(25,26)19-4-2-1-3-5-19/h1-13,22H,14H2,(H,23,24)/b13-12+. The average molecular weight is 508 g/mol. The number of rotatable bonds is 7. The van der Waals surface area contributed by atoms with Crippen molar-refractivity contribution < 1.29 is 17.6 Å². The van der Waals surface area contributed by atoms with E-state index in [1.165, 1.54) is 24.3 Å². The second kappa shape index (κ2) is 9.18. The fourth-order valence-electron chi connectivity index (χ4n) is 2.30. The van der Waals surface area contributed by atoms with E-state index in [4.69, 9.17) is 4.42 Å². The third kappa shape index (κ3) is 5.78. The quantitative estimate of drug-likeness (QED) is 0.373. The monoisotopic (exact) mass is 508 g/mol. The molecule has 144 valence electrons. The molecule has 0 saturated carbocycles. The van der Waals surface area contributed by atoms with Gasteiger partial charge in [0.1, 0.15) is 11.5 Å². The average Bonchev–Trinajstić information content (AvgIpc) is 3.15. The molecule has 0 radical (unpaired) electrons. The van der Waals surface area contributed by atoms with Crippen LogP contribution in [0.2, 0.25) is 0 Å². The molecule has 2 aromatic carbocycles. The van der Waals surface area contributed by atoms with Gasteiger partial charge < -0.3 is 9.73 Å². The van der Waals surface area contributed by atoms with Gasteiger partial charge in [-0.1, -0.05) is 18.2 Å². The van der Waals surface area contributed by atoms with Gasteiger partial charge in [-0.3, -0.25) is 4.79 Å². The molecule has 28 heavy (non-hydrogen) atoms. The van der Waals surface area contributed by atoms with Crippen molar-refractivity contribution in [1.29, 1.82) is 0 Å². The van der Waals surface area contributed by atoms with Gasteiger partial charge in [-0.25, -0.2) is 13.1 Å². The molecule has 6 nitrogen and oxygen atoms in total. The minimum Gasteiger partial charge on any atom is -0.460 e. The van der Waals surface area contributed by atoms with E-state index < -0.39 is 10.0 Å². The minimum absolute atomic E-state index is 0.0138. The zero-order valence-corrected chi connectivity index (χ0v) is 17.6. The molecular formula is C20H17IN2O4S. The van der Waals surface area contributed by atoms with Crippen molar-refractivity contribution in [3.8, 4) is 0 Å². The molecule has 3 aromatic rings. The summed E-state index contributed by atoms with van der Waals surface area (Å²) in [4.78, 5) is 12.1. The number of nitrogens with one attached hydrogen (secondary N) is 2. The van der Waals surface area contributed by atoms with E-state index in [2.05, 4.69) is 32.6 Å². The van der Waals surface area contributed by atoms with Crippen LogP contribution in [0.15, 0.2) is 82.1 Å². The van der Waals surface area contributed by atoms with Gasteiger partial charge in [0, 0.05) is 15.3 Å². The molecular weight excluding hydrogens is 491 g/mol. The van der Waals surface area contributed by atoms with Gasteiger partial charge in [-0.05, 0) is 77.2 Å². The van der Waals surface area contributed by atoms with Crippen molar-refractivity contribution in [2.45, 2.75) is 11.4 Å². The van der Waals surface area contributed by atoms with Crippen molar-refractivity contribution in [3.05, 3.63) is 87.9 Å². The fraction of sp³-hybridized carbons (Fsp3) is 0.0500. The van der Waals surface area contributed by atoms with Crippen LogP contribution in [0.5, 0.6) is 0 Å². The molecule has 0 bridgehead atoms. The number of furan rings is 1. The van der Waals surface area contributed by atoms with Crippen molar-refractivity contribution in [2.75, 3.05) is 5.32 Å². The third-order valence-electron chi connectivity index (χ3n) is 3.68. The number of hydrogen-bond donors (Lipinski definition) is 2. The van der Waals surface area contributed by atoms with Crippen LogP contribution in [0.1, 0.15) is 11.5 Å². The molecule has 1 aromatic heterocycles. The van der Waals surface area contributed by atoms with E-state index in [-0.39, 0.29) is 17.3 Å². The van der Waals surface area contributed by atoms with Gasteiger partial charge in [0.15, 0.2) is 0 Å². The second-order valence-electron chi connectivity index (χ2n) is 5.77. The predicted molar refractivity (Wildman–Crippen MR) is 116 cm³/mol. The van der Waals surface area contributed by atoms with Crippen LogP contribution in [0, 0.1) is 3.57 Å². The van der Waals surface area contributed by atoms with Gasteiger partial charge in [-0.2, -0.15) is 0 Å². The Balaban J connectivity index is 1.55. The Kier molecular flexibility index (Phi) is 6.65. The predicted octanol–water partition coefficient (Wildman–Crippen LogP) is 4.01. The number of hydrogen-bond acceptors (Lipinski definition) is 4. The van der Waals surface area contributed by atoms with Crippen LogP contribution >= 0.6 is 22.6 Å². The van der Waals surface area contributed by atoms with E-state index in [1.54, 1.807) is 30.3 Å². The molecule has 0 saturated heterocycles. The summed E-state index contributed by atoms with van der Waals surface area (Å²) in [6.45, 7) is 0.0138. The van der Waals surface area contributed by atoms with Gasteiger partial charge in [0.25, 0.3) is 0 Å². The first-order chi connectivity index (χ1) is 13.4. The lowest BCUT2D eigenvalue weighted by Gasteiger charge is -2.04. The number of amides is 1. The number of sulfonamides is 1. The second-order valence-corrected chi connectivity index (χ2v) is 8.78. The fourth-order valence-corrected chi connectivity index (χ4v) is 3.68. The van der Waals surface area contributed by atoms with Crippen molar-refractivity contribution in [1.82, 2.24) is 4.72 Å². The van der Waals surface area contributed by atoms with Crippen molar-refractivity contribution in [2.24, 2.45) is 0 Å². The van der Waals surface area contributed by atoms with Crippen LogP contribution in [0.25, 0.3) is 6.08 Å². The summed E-state index contributed by atoms with van der Waals surface area (Å²) in [6.07, 6.45) is 2.88. The van der Waals surface area contributed by atoms with Gasteiger partial charge >= 0.3 is 0 Å². The number of benzene rings is 2. The van der Waals surface area contributed by atoms with Crippen molar-refractivity contribution >= 4 is 50.3 Å². The largest absolute Gasteiger partial charge is 0.460 e. The lowest BCUT2D eigenvalue weighted by Crippen LogP contribution is -2.22. The molecule has 0 spiro atoms. The molecule has 3 rings (SSSR count). The van der Waals surface area contributed by atoms with E-state index in [0.29, 0.717) is 17.2 Å². The van der Waals surface area contributed by atoms with Crippen LogP contribution < -0.4 is 10.0 Å². The zero-order chi connectivity index (χ0) is 20.0. The first-order valence-corrected chi connectivity index (χ1v) is 10.9. The Hall–Kier alpha value is -2.43. The number of anilines is 1. The highest BCUT2D eigenvalue weighted by Crippen LogP contribution is 2.14. The minimum atomic E-state index is -3.61. The van der Waals surface area contributed by atoms with E-state index in [1.807, 2.05) is 24.3 Å². The Bertz CT molecular complexity index is 1070. The normalized spacial score (nSPS) is 11.6. The Morgan fingerprint density at radius 3 is 2.43 bits per heavy atom. The Morgan fingerprint density at radius 1 is 1.00 bits per heavy atom. The molecule has 0 aliphatic carbocycles. The van der Waals surface area contributed by atoms with Gasteiger partial charge in [0.05, 0.1) is 11.4 Å². The van der Waals surface area contributed by atoms with Crippen LogP contribution in [-0.4, -0.2) is 14.3 Å². The van der Waals surface area contributed by atoms with E-state index in [9.17, 15) is 13.2 Å². The number of carbonyl (C=O) groups is 1. The molecule has 0 atom stereocenters. The van der Waals surface area contributed by atoms with Crippen molar-refractivity contribution in [3.63, 3.8) is 0 Å². The Morgan fingerprint density at radius 2 is 1.71 bits per heavy atom. The summed E-state index contributed by atoms with van der Waals surface area (Å²) >= 11 is 2.19. The molecule has 0 aliphatic heterocycles. The summed E-state index contributed by atoms with van der Waals surface area (Å²) in [5, 5.41) is 2.75. The maximum atomic E-state index is 12.2. The van der Waals surface area contributed by atoms with Gasteiger partial charge in [-0.15, -0.1) is 0 Å². The highest BCUT2D eigenvalue weighted by Gasteiger charge is 2.13. The maximum Gasteiger partial charge on any atom is 0.248 e. The Labute approximate surface area is 176 Å². The molecule has 0 unspecified atom stereocenters. The molecule has 8 heteroatoms. The number of carbonyl (C=O) groups excluding carboxylic acids is 1. The van der Waals surface area contributed by atoms with Crippen LogP contribution in [0.3, 0.4) is 0 Å². The summed E-state index contributed by atoms with van der Waals surface area (Å²) in [7, 11) is -3.61. The number of halogens is 1. The molecule has 2 N–H and O–H groups in total. The molecule has 0 aliphatic rings. The van der Waals surface area contributed by atoms with E-state index >= 15 is 0 Å². The molecule has 0 fully saturated rings. The SMILES string of the molecule is O=C(/C=C/c1ccc(CNS(=O)(=O)c2ccccc2)o1)Nc1ccc(I)cc1. The van der Waals surface area contributed by atoms with Crippen LogP contribution in [0.4, 0.5) is 5.69 Å². The summed E-state index contributed by atoms with van der Waals surface area (Å²) < 4.78 is 33.5. The van der Waals surface area contributed by atoms with E-state index in [0.717, 1.165) is 3.57 Å². The van der Waals surface area contributed by atoms with Gasteiger partial charge in [0.2, 0.25) is 15.9 Å². The zero-order valence-electron chi connectivity index (χ0n) is 14.6. The first-order valence-electron chi connectivity index (χ1n) is 8.30. The molecule has 1 heterocycles. The lowest BCUT2D eigenvalue weighted by atomic mass is 10.3. The highest BCUT2D eigenvalue weighted by atomic mass is 127.